The normalized spacial score (nSPS) is 15.9. The third-order valence-electron chi connectivity index (χ3n) is 5.56. The van der Waals surface area contributed by atoms with E-state index in [9.17, 15) is 10.1 Å². The van der Waals surface area contributed by atoms with E-state index in [1.165, 1.54) is 17.3 Å². The van der Waals surface area contributed by atoms with Crippen LogP contribution in [0.4, 0.5) is 11.5 Å². The number of anilines is 2. The molecule has 0 radical (unpaired) electrons. The van der Waals surface area contributed by atoms with Crippen molar-refractivity contribution in [2.24, 2.45) is 0 Å². The Morgan fingerprint density at radius 3 is 2.60 bits per heavy atom. The van der Waals surface area contributed by atoms with Crippen LogP contribution in [0.25, 0.3) is 0 Å². The van der Waals surface area contributed by atoms with E-state index in [4.69, 9.17) is 9.72 Å². The minimum absolute atomic E-state index is 0.0970. The van der Waals surface area contributed by atoms with Crippen LogP contribution in [0, 0.1) is 18.3 Å². The van der Waals surface area contributed by atoms with Crippen molar-refractivity contribution < 1.29 is 9.53 Å². The first kappa shape index (κ1) is 20.7. The summed E-state index contributed by atoms with van der Waals surface area (Å²) < 4.78 is 5.50. The predicted molar refractivity (Wildman–Crippen MR) is 119 cm³/mol. The number of amides is 1. The SMILES string of the molecule is Cc1ccc(NC(=O)CSc2nc(N3CCOCC3)c3c(c2C#N)CCCC3)cc1. The molecule has 0 saturated carbocycles. The second kappa shape index (κ2) is 9.50. The van der Waals surface area contributed by atoms with Crippen molar-refractivity contribution in [1.29, 1.82) is 5.26 Å². The Morgan fingerprint density at radius 1 is 1.20 bits per heavy atom. The van der Waals surface area contributed by atoms with Gasteiger partial charge in [0.05, 0.1) is 24.5 Å². The molecule has 1 fully saturated rings. The van der Waals surface area contributed by atoms with Gasteiger partial charge in [0, 0.05) is 18.8 Å². The Morgan fingerprint density at radius 2 is 1.90 bits per heavy atom. The van der Waals surface area contributed by atoms with Crippen molar-refractivity contribution in [1.82, 2.24) is 4.98 Å². The molecule has 1 saturated heterocycles. The number of carbonyl (C=O) groups excluding carboxylic acids is 1. The van der Waals surface area contributed by atoms with E-state index in [0.29, 0.717) is 23.8 Å². The molecule has 1 aromatic carbocycles. The quantitative estimate of drug-likeness (QED) is 0.740. The zero-order valence-corrected chi connectivity index (χ0v) is 18.1. The first-order chi connectivity index (χ1) is 14.7. The summed E-state index contributed by atoms with van der Waals surface area (Å²) in [6, 6.07) is 10.1. The van der Waals surface area contributed by atoms with E-state index in [-0.39, 0.29) is 11.7 Å². The van der Waals surface area contributed by atoms with Crippen molar-refractivity contribution in [3.05, 3.63) is 46.5 Å². The fourth-order valence-corrected chi connectivity index (χ4v) is 4.81. The summed E-state index contributed by atoms with van der Waals surface area (Å²) >= 11 is 1.35. The summed E-state index contributed by atoms with van der Waals surface area (Å²) in [4.78, 5) is 19.6. The lowest BCUT2D eigenvalue weighted by Crippen LogP contribution is -2.38. The maximum Gasteiger partial charge on any atom is 0.234 e. The number of pyridine rings is 1. The summed E-state index contributed by atoms with van der Waals surface area (Å²) in [7, 11) is 0. The second-order valence-corrected chi connectivity index (χ2v) is 8.66. The lowest BCUT2D eigenvalue weighted by atomic mass is 9.89. The highest BCUT2D eigenvalue weighted by atomic mass is 32.2. The Kier molecular flexibility index (Phi) is 6.56. The summed E-state index contributed by atoms with van der Waals surface area (Å²) in [5.74, 6) is 1.10. The van der Waals surface area contributed by atoms with Crippen LogP contribution in [0.3, 0.4) is 0 Å². The molecule has 0 spiro atoms. The van der Waals surface area contributed by atoms with E-state index < -0.39 is 0 Å². The molecule has 0 unspecified atom stereocenters. The Hall–Kier alpha value is -2.56. The number of aromatic nitrogens is 1. The van der Waals surface area contributed by atoms with Crippen LogP contribution in [0.5, 0.6) is 0 Å². The number of rotatable bonds is 5. The average Bonchev–Trinajstić information content (AvgIpc) is 2.79. The molecule has 1 N–H and O–H groups in total. The van der Waals surface area contributed by atoms with Crippen molar-refractivity contribution in [2.45, 2.75) is 37.6 Å². The molecule has 156 valence electrons. The van der Waals surface area contributed by atoms with Gasteiger partial charge in [0.15, 0.2) is 0 Å². The summed E-state index contributed by atoms with van der Waals surface area (Å²) in [5.41, 5.74) is 4.92. The van der Waals surface area contributed by atoms with E-state index in [2.05, 4.69) is 16.3 Å². The molecular formula is C23H26N4O2S. The Bertz CT molecular complexity index is 963. The van der Waals surface area contributed by atoms with Crippen molar-refractivity contribution >= 4 is 29.2 Å². The number of aryl methyl sites for hydroxylation is 1. The summed E-state index contributed by atoms with van der Waals surface area (Å²) in [6.45, 7) is 5.02. The third kappa shape index (κ3) is 4.61. The molecule has 6 nitrogen and oxygen atoms in total. The third-order valence-corrected chi connectivity index (χ3v) is 6.53. The highest BCUT2D eigenvalue weighted by Crippen LogP contribution is 2.36. The van der Waals surface area contributed by atoms with Gasteiger partial charge in [-0.3, -0.25) is 4.79 Å². The van der Waals surface area contributed by atoms with Gasteiger partial charge in [-0.25, -0.2) is 4.98 Å². The number of nitrogens with zero attached hydrogens (tertiary/aromatic N) is 3. The van der Waals surface area contributed by atoms with Gasteiger partial charge in [-0.2, -0.15) is 5.26 Å². The van der Waals surface area contributed by atoms with Crippen molar-refractivity contribution in [3.63, 3.8) is 0 Å². The zero-order chi connectivity index (χ0) is 20.9. The van der Waals surface area contributed by atoms with E-state index >= 15 is 0 Å². The monoisotopic (exact) mass is 422 g/mol. The van der Waals surface area contributed by atoms with Crippen molar-refractivity contribution in [2.75, 3.05) is 42.3 Å². The van der Waals surface area contributed by atoms with Gasteiger partial charge >= 0.3 is 0 Å². The lowest BCUT2D eigenvalue weighted by Gasteiger charge is -2.32. The van der Waals surface area contributed by atoms with Crippen LogP contribution in [-0.4, -0.2) is 42.9 Å². The number of thioether (sulfide) groups is 1. The molecule has 0 bridgehead atoms. The van der Waals surface area contributed by atoms with E-state index in [1.807, 2.05) is 31.2 Å². The number of nitrogens with one attached hydrogen (secondary N) is 1. The molecule has 1 aliphatic carbocycles. The number of benzene rings is 1. The molecular weight excluding hydrogens is 396 g/mol. The molecule has 7 heteroatoms. The number of ether oxygens (including phenoxy) is 1. The molecule has 1 aliphatic heterocycles. The average molecular weight is 423 g/mol. The number of hydrogen-bond donors (Lipinski definition) is 1. The van der Waals surface area contributed by atoms with Crippen LogP contribution in [0.1, 0.15) is 35.1 Å². The first-order valence-corrected chi connectivity index (χ1v) is 11.4. The maximum absolute atomic E-state index is 12.5. The van der Waals surface area contributed by atoms with Crippen LogP contribution >= 0.6 is 11.8 Å². The van der Waals surface area contributed by atoms with Gasteiger partial charge < -0.3 is 15.0 Å². The number of nitriles is 1. The van der Waals surface area contributed by atoms with E-state index in [0.717, 1.165) is 61.4 Å². The fourth-order valence-electron chi connectivity index (χ4n) is 4.00. The van der Waals surface area contributed by atoms with Gasteiger partial charge in [0.2, 0.25) is 5.91 Å². The summed E-state index contributed by atoms with van der Waals surface area (Å²) in [5, 5.41) is 13.4. The smallest absolute Gasteiger partial charge is 0.234 e. The molecule has 4 rings (SSSR count). The molecule has 1 aromatic heterocycles. The van der Waals surface area contributed by atoms with Gasteiger partial charge in [-0.1, -0.05) is 29.5 Å². The molecule has 2 aromatic rings. The Labute approximate surface area is 181 Å². The van der Waals surface area contributed by atoms with Gasteiger partial charge in [-0.15, -0.1) is 0 Å². The van der Waals surface area contributed by atoms with Crippen LogP contribution in [0.2, 0.25) is 0 Å². The van der Waals surface area contributed by atoms with Crippen molar-refractivity contribution in [3.8, 4) is 6.07 Å². The summed E-state index contributed by atoms with van der Waals surface area (Å²) in [6.07, 6.45) is 4.08. The number of fused-ring (bicyclic) bond motifs is 1. The highest BCUT2D eigenvalue weighted by Gasteiger charge is 2.26. The van der Waals surface area contributed by atoms with Crippen LogP contribution < -0.4 is 10.2 Å². The van der Waals surface area contributed by atoms with Gasteiger partial charge in [-0.05, 0) is 55.9 Å². The first-order valence-electron chi connectivity index (χ1n) is 10.4. The number of hydrogen-bond acceptors (Lipinski definition) is 6. The topological polar surface area (TPSA) is 78.2 Å². The van der Waals surface area contributed by atoms with Crippen LogP contribution in [-0.2, 0) is 22.4 Å². The lowest BCUT2D eigenvalue weighted by molar-refractivity contribution is -0.113. The van der Waals surface area contributed by atoms with Gasteiger partial charge in [0.1, 0.15) is 16.9 Å². The Balaban J connectivity index is 1.56. The van der Waals surface area contributed by atoms with Gasteiger partial charge in [0.25, 0.3) is 0 Å². The predicted octanol–water partition coefficient (Wildman–Crippen LogP) is 3.71. The number of morpholine rings is 1. The maximum atomic E-state index is 12.5. The second-order valence-electron chi connectivity index (χ2n) is 7.69. The zero-order valence-electron chi connectivity index (χ0n) is 17.2. The standard InChI is InChI=1S/C23H26N4O2S/c1-16-6-8-17(9-7-16)25-21(28)15-30-23-20(14-24)18-4-2-3-5-19(18)22(26-23)27-10-12-29-13-11-27/h6-9H,2-5,10-13,15H2,1H3,(H,25,28). The largest absolute Gasteiger partial charge is 0.378 e. The molecule has 2 aliphatic rings. The minimum atomic E-state index is -0.0970. The minimum Gasteiger partial charge on any atom is -0.378 e. The van der Waals surface area contributed by atoms with Crippen LogP contribution in [0.15, 0.2) is 29.3 Å². The molecule has 0 atom stereocenters. The number of carbonyl (C=O) groups is 1. The molecule has 2 heterocycles. The highest BCUT2D eigenvalue weighted by molar-refractivity contribution is 8.00. The molecule has 1 amide bonds. The fraction of sp³-hybridized carbons (Fsp3) is 0.435. The van der Waals surface area contributed by atoms with E-state index in [1.54, 1.807) is 0 Å². The molecule has 30 heavy (non-hydrogen) atoms.